The van der Waals surface area contributed by atoms with E-state index in [9.17, 15) is 0 Å². The van der Waals surface area contributed by atoms with Gasteiger partial charge in [-0.05, 0) is 44.4 Å². The van der Waals surface area contributed by atoms with Gasteiger partial charge < -0.3 is 4.74 Å². The number of ether oxygens (including phenoxy) is 1. The standard InChI is InChI=1S/C11H20N2OS/c1-11(6-4-8-15-11)10(13-12)9-5-2-3-7-14-9/h5,10,13H,2-4,6-8,12H2,1H3. The molecule has 15 heavy (non-hydrogen) atoms. The van der Waals surface area contributed by atoms with Crippen molar-refractivity contribution in [1.29, 1.82) is 0 Å². The molecule has 0 aliphatic carbocycles. The van der Waals surface area contributed by atoms with Crippen molar-refractivity contribution in [2.24, 2.45) is 5.84 Å². The summed E-state index contributed by atoms with van der Waals surface area (Å²) in [6, 6.07) is 0.172. The molecule has 86 valence electrons. The quantitative estimate of drug-likeness (QED) is 0.571. The molecule has 2 atom stereocenters. The van der Waals surface area contributed by atoms with Crippen molar-refractivity contribution in [2.45, 2.75) is 43.4 Å². The van der Waals surface area contributed by atoms with Crippen LogP contribution >= 0.6 is 11.8 Å². The maximum absolute atomic E-state index is 5.71. The number of nitrogens with two attached hydrogens (primary N) is 1. The molecule has 3 N–H and O–H groups in total. The third-order valence-corrected chi connectivity index (χ3v) is 4.87. The van der Waals surface area contributed by atoms with Gasteiger partial charge in [0.05, 0.1) is 12.6 Å². The van der Waals surface area contributed by atoms with Crippen molar-refractivity contribution in [3.8, 4) is 0 Å². The minimum atomic E-state index is 0.172. The van der Waals surface area contributed by atoms with Crippen molar-refractivity contribution in [3.63, 3.8) is 0 Å². The highest BCUT2D eigenvalue weighted by molar-refractivity contribution is 8.00. The van der Waals surface area contributed by atoms with Crippen LogP contribution < -0.4 is 11.3 Å². The first-order valence-electron chi connectivity index (χ1n) is 5.69. The second-order valence-electron chi connectivity index (χ2n) is 4.46. The predicted molar refractivity (Wildman–Crippen MR) is 64.5 cm³/mol. The lowest BCUT2D eigenvalue weighted by Crippen LogP contribution is -2.50. The van der Waals surface area contributed by atoms with Crippen molar-refractivity contribution < 1.29 is 4.74 Å². The summed E-state index contributed by atoms with van der Waals surface area (Å²) in [5.74, 6) is 7.98. The predicted octanol–water partition coefficient (Wildman–Crippen LogP) is 1.80. The van der Waals surface area contributed by atoms with Gasteiger partial charge in [0, 0.05) is 4.75 Å². The smallest absolute Gasteiger partial charge is 0.112 e. The molecule has 0 bridgehead atoms. The second-order valence-corrected chi connectivity index (χ2v) is 6.09. The van der Waals surface area contributed by atoms with E-state index < -0.39 is 0 Å². The summed E-state index contributed by atoms with van der Waals surface area (Å²) in [6.45, 7) is 3.12. The van der Waals surface area contributed by atoms with Gasteiger partial charge in [0.25, 0.3) is 0 Å². The second kappa shape index (κ2) is 4.76. The Morgan fingerprint density at radius 3 is 3.00 bits per heavy atom. The van der Waals surface area contributed by atoms with Crippen LogP contribution in [-0.2, 0) is 4.74 Å². The van der Waals surface area contributed by atoms with Crippen LogP contribution in [0.15, 0.2) is 11.8 Å². The Labute approximate surface area is 95.8 Å². The number of nitrogens with one attached hydrogen (secondary N) is 1. The number of allylic oxidation sites excluding steroid dienone is 1. The van der Waals surface area contributed by atoms with Gasteiger partial charge in [0.2, 0.25) is 0 Å². The van der Waals surface area contributed by atoms with Crippen molar-refractivity contribution in [3.05, 3.63) is 11.8 Å². The van der Waals surface area contributed by atoms with E-state index >= 15 is 0 Å². The molecule has 3 nitrogen and oxygen atoms in total. The summed E-state index contributed by atoms with van der Waals surface area (Å²) in [4.78, 5) is 0. The molecule has 2 aliphatic rings. The monoisotopic (exact) mass is 228 g/mol. The molecule has 2 rings (SSSR count). The summed E-state index contributed by atoms with van der Waals surface area (Å²) in [6.07, 6.45) is 6.94. The number of hydrogen-bond donors (Lipinski definition) is 2. The number of hydrogen-bond acceptors (Lipinski definition) is 4. The fraction of sp³-hybridized carbons (Fsp3) is 0.818. The van der Waals surface area contributed by atoms with E-state index in [2.05, 4.69) is 18.4 Å². The zero-order valence-electron chi connectivity index (χ0n) is 9.29. The van der Waals surface area contributed by atoms with E-state index in [0.717, 1.165) is 25.2 Å². The minimum absolute atomic E-state index is 0.172. The van der Waals surface area contributed by atoms with Gasteiger partial charge in [-0.3, -0.25) is 5.84 Å². The van der Waals surface area contributed by atoms with Crippen molar-refractivity contribution in [1.82, 2.24) is 5.43 Å². The molecule has 0 aromatic carbocycles. The molecule has 2 unspecified atom stereocenters. The van der Waals surface area contributed by atoms with E-state index in [1.165, 1.54) is 18.6 Å². The molecule has 0 aromatic heterocycles. The topological polar surface area (TPSA) is 47.3 Å². The van der Waals surface area contributed by atoms with Gasteiger partial charge in [0.15, 0.2) is 0 Å². The van der Waals surface area contributed by atoms with E-state index in [1.54, 1.807) is 0 Å². The maximum atomic E-state index is 5.71. The summed E-state index contributed by atoms with van der Waals surface area (Å²) >= 11 is 2.01. The third kappa shape index (κ3) is 2.32. The third-order valence-electron chi connectivity index (χ3n) is 3.27. The summed E-state index contributed by atoms with van der Waals surface area (Å²) in [7, 11) is 0. The van der Waals surface area contributed by atoms with Crippen LogP contribution in [0.2, 0.25) is 0 Å². The van der Waals surface area contributed by atoms with Crippen molar-refractivity contribution in [2.75, 3.05) is 12.4 Å². The Morgan fingerprint density at radius 1 is 1.60 bits per heavy atom. The van der Waals surface area contributed by atoms with Crippen molar-refractivity contribution >= 4 is 11.8 Å². The van der Waals surface area contributed by atoms with Crippen LogP contribution in [0.3, 0.4) is 0 Å². The minimum Gasteiger partial charge on any atom is -0.496 e. The number of hydrazine groups is 1. The molecule has 0 aromatic rings. The highest BCUT2D eigenvalue weighted by Crippen LogP contribution is 2.42. The Kier molecular flexibility index (Phi) is 3.59. The Balaban J connectivity index is 2.11. The largest absolute Gasteiger partial charge is 0.496 e. The molecule has 0 amide bonds. The maximum Gasteiger partial charge on any atom is 0.112 e. The van der Waals surface area contributed by atoms with Crippen LogP contribution in [-0.4, -0.2) is 23.1 Å². The molecule has 2 aliphatic heterocycles. The summed E-state index contributed by atoms with van der Waals surface area (Å²) in [5, 5.41) is 0. The molecule has 0 saturated carbocycles. The first-order chi connectivity index (χ1) is 7.26. The summed E-state index contributed by atoms with van der Waals surface area (Å²) in [5.41, 5.74) is 2.94. The molecular formula is C11H20N2OS. The lowest BCUT2D eigenvalue weighted by Gasteiger charge is -2.35. The average Bonchev–Trinajstić information content (AvgIpc) is 2.68. The van der Waals surface area contributed by atoms with Crippen LogP contribution in [0.1, 0.15) is 32.6 Å². The van der Waals surface area contributed by atoms with E-state index in [1.807, 2.05) is 11.8 Å². The van der Waals surface area contributed by atoms with Gasteiger partial charge in [-0.2, -0.15) is 11.8 Å². The van der Waals surface area contributed by atoms with Crippen LogP contribution in [0.4, 0.5) is 0 Å². The van der Waals surface area contributed by atoms with Gasteiger partial charge in [-0.25, -0.2) is 5.43 Å². The lowest BCUT2D eigenvalue weighted by atomic mass is 9.94. The van der Waals surface area contributed by atoms with Gasteiger partial charge >= 0.3 is 0 Å². The van der Waals surface area contributed by atoms with Gasteiger partial charge in [-0.1, -0.05) is 0 Å². The average molecular weight is 228 g/mol. The Hall–Kier alpha value is -0.190. The SMILES string of the molecule is CC1(C(NN)C2=CCCCO2)CCCS1. The van der Waals surface area contributed by atoms with E-state index in [4.69, 9.17) is 10.6 Å². The zero-order chi connectivity index (χ0) is 10.7. The Bertz CT molecular complexity index is 249. The van der Waals surface area contributed by atoms with E-state index in [-0.39, 0.29) is 10.8 Å². The molecule has 2 heterocycles. The normalized spacial score (nSPS) is 33.3. The number of rotatable bonds is 3. The molecular weight excluding hydrogens is 208 g/mol. The molecule has 4 heteroatoms. The van der Waals surface area contributed by atoms with Gasteiger partial charge in [0.1, 0.15) is 5.76 Å². The van der Waals surface area contributed by atoms with Crippen LogP contribution in [0, 0.1) is 0 Å². The lowest BCUT2D eigenvalue weighted by molar-refractivity contribution is 0.157. The fourth-order valence-corrected chi connectivity index (χ4v) is 3.76. The van der Waals surface area contributed by atoms with Crippen LogP contribution in [0.25, 0.3) is 0 Å². The highest BCUT2D eigenvalue weighted by Gasteiger charge is 2.40. The molecule has 1 saturated heterocycles. The first kappa shape index (κ1) is 11.3. The summed E-state index contributed by atoms with van der Waals surface area (Å²) < 4.78 is 5.92. The number of thioether (sulfide) groups is 1. The molecule has 0 spiro atoms. The Morgan fingerprint density at radius 2 is 2.47 bits per heavy atom. The van der Waals surface area contributed by atoms with Crippen LogP contribution in [0.5, 0.6) is 0 Å². The molecule has 0 radical (unpaired) electrons. The zero-order valence-corrected chi connectivity index (χ0v) is 10.1. The van der Waals surface area contributed by atoms with Gasteiger partial charge in [-0.15, -0.1) is 0 Å². The first-order valence-corrected chi connectivity index (χ1v) is 6.68. The fourth-order valence-electron chi connectivity index (χ4n) is 2.37. The molecule has 1 fully saturated rings. The highest BCUT2D eigenvalue weighted by atomic mass is 32.2. The van der Waals surface area contributed by atoms with E-state index in [0.29, 0.717) is 0 Å².